The van der Waals surface area contributed by atoms with Crippen molar-refractivity contribution in [3.8, 4) is 0 Å². The summed E-state index contributed by atoms with van der Waals surface area (Å²) in [4.78, 5) is 27.4. The number of benzene rings is 2. The van der Waals surface area contributed by atoms with Crippen LogP contribution >= 0.6 is 34.8 Å². The molecule has 5 nitrogen and oxygen atoms in total. The molecule has 2 N–H and O–H groups in total. The number of likely N-dealkylation sites (tertiary alicyclic amines) is 1. The molecule has 0 aromatic heterocycles. The van der Waals surface area contributed by atoms with Gasteiger partial charge in [-0.3, -0.25) is 9.59 Å². The number of hydrogen-bond donors (Lipinski definition) is 2. The molecule has 0 bridgehead atoms. The Morgan fingerprint density at radius 1 is 1.03 bits per heavy atom. The summed E-state index contributed by atoms with van der Waals surface area (Å²) in [5.41, 5.74) is 1.08. The van der Waals surface area contributed by atoms with Crippen molar-refractivity contribution in [2.45, 2.75) is 44.2 Å². The van der Waals surface area contributed by atoms with Gasteiger partial charge in [-0.05, 0) is 43.9 Å². The fourth-order valence-corrected chi connectivity index (χ4v) is 4.86. The number of nitrogens with one attached hydrogen (secondary N) is 2. The van der Waals surface area contributed by atoms with E-state index in [2.05, 4.69) is 22.5 Å². The average molecular weight is 511 g/mol. The smallest absolute Gasteiger partial charge is 0.254 e. The predicted octanol–water partition coefficient (Wildman–Crippen LogP) is 5.45. The Hall–Kier alpha value is -1.79. The Balaban J connectivity index is 1.55. The molecule has 178 valence electrons. The van der Waals surface area contributed by atoms with E-state index in [1.54, 1.807) is 18.2 Å². The third kappa shape index (κ3) is 7.35. The second-order valence-corrected chi connectivity index (χ2v) is 9.90. The van der Waals surface area contributed by atoms with Gasteiger partial charge in [0.05, 0.1) is 21.7 Å². The molecule has 0 spiro atoms. The molecule has 0 radical (unpaired) electrons. The summed E-state index contributed by atoms with van der Waals surface area (Å²) >= 11 is 18.1. The Labute approximate surface area is 210 Å². The van der Waals surface area contributed by atoms with Gasteiger partial charge in [-0.2, -0.15) is 0 Å². The van der Waals surface area contributed by atoms with E-state index in [1.807, 2.05) is 30.3 Å². The highest BCUT2D eigenvalue weighted by Gasteiger charge is 2.33. The molecule has 0 saturated carbocycles. The van der Waals surface area contributed by atoms with Crippen LogP contribution in [0.3, 0.4) is 0 Å². The van der Waals surface area contributed by atoms with Crippen LogP contribution in [0.2, 0.25) is 10.0 Å². The standard InChI is InChI=1S/C25H30Cl3N3O2/c1-25(30-24(33)23-19(27)8-5-9-20(23)28)12-16-31(17-13-25)15-11-21(29-22(32)10-14-26)18-6-3-2-4-7-18/h2-9,21H,10-17H2,1H3,(H,29,32)(H,30,33)/t21-/m0/s1. The van der Waals surface area contributed by atoms with Gasteiger partial charge in [-0.15, -0.1) is 11.6 Å². The Morgan fingerprint density at radius 3 is 2.27 bits per heavy atom. The summed E-state index contributed by atoms with van der Waals surface area (Å²) in [5.74, 6) is 0.0297. The van der Waals surface area contributed by atoms with Crippen LogP contribution < -0.4 is 10.6 Å². The van der Waals surface area contributed by atoms with Crippen molar-refractivity contribution in [1.29, 1.82) is 0 Å². The lowest BCUT2D eigenvalue weighted by Gasteiger charge is -2.40. The fraction of sp³-hybridized carbons (Fsp3) is 0.440. The van der Waals surface area contributed by atoms with E-state index in [0.29, 0.717) is 27.9 Å². The predicted molar refractivity (Wildman–Crippen MR) is 135 cm³/mol. The molecule has 1 heterocycles. The molecule has 1 atom stereocenters. The van der Waals surface area contributed by atoms with E-state index < -0.39 is 0 Å². The van der Waals surface area contributed by atoms with Crippen molar-refractivity contribution >= 4 is 46.6 Å². The zero-order valence-corrected chi connectivity index (χ0v) is 21.0. The minimum absolute atomic E-state index is 0.0361. The number of rotatable bonds is 9. The first-order valence-electron chi connectivity index (χ1n) is 11.2. The zero-order chi connectivity index (χ0) is 23.8. The molecule has 1 aliphatic heterocycles. The van der Waals surface area contributed by atoms with Gasteiger partial charge >= 0.3 is 0 Å². The molecule has 2 amide bonds. The van der Waals surface area contributed by atoms with Crippen LogP contribution in [0.4, 0.5) is 0 Å². The molecule has 1 fully saturated rings. The fourth-order valence-electron chi connectivity index (χ4n) is 4.12. The first kappa shape index (κ1) is 25.8. The molecular weight excluding hydrogens is 481 g/mol. The van der Waals surface area contributed by atoms with Gasteiger partial charge in [0, 0.05) is 37.5 Å². The minimum Gasteiger partial charge on any atom is -0.349 e. The molecule has 33 heavy (non-hydrogen) atoms. The topological polar surface area (TPSA) is 61.4 Å². The first-order chi connectivity index (χ1) is 15.8. The van der Waals surface area contributed by atoms with Crippen LogP contribution in [0.25, 0.3) is 0 Å². The van der Waals surface area contributed by atoms with Crippen LogP contribution in [-0.4, -0.2) is 47.8 Å². The number of hydrogen-bond acceptors (Lipinski definition) is 3. The highest BCUT2D eigenvalue weighted by Crippen LogP contribution is 2.28. The quantitative estimate of drug-likeness (QED) is 0.441. The van der Waals surface area contributed by atoms with Crippen LogP contribution in [0.15, 0.2) is 48.5 Å². The van der Waals surface area contributed by atoms with E-state index in [1.165, 1.54) is 0 Å². The van der Waals surface area contributed by atoms with Gasteiger partial charge < -0.3 is 15.5 Å². The Morgan fingerprint density at radius 2 is 1.67 bits per heavy atom. The van der Waals surface area contributed by atoms with Crippen molar-refractivity contribution < 1.29 is 9.59 Å². The van der Waals surface area contributed by atoms with E-state index in [-0.39, 0.29) is 23.4 Å². The third-order valence-electron chi connectivity index (χ3n) is 6.16. The van der Waals surface area contributed by atoms with Crippen molar-refractivity contribution in [3.05, 3.63) is 69.7 Å². The van der Waals surface area contributed by atoms with Crippen molar-refractivity contribution in [2.24, 2.45) is 0 Å². The van der Waals surface area contributed by atoms with Gasteiger partial charge in [0.15, 0.2) is 0 Å². The Bertz CT molecular complexity index is 927. The van der Waals surface area contributed by atoms with E-state index >= 15 is 0 Å². The molecule has 3 rings (SSSR count). The number of nitrogens with zero attached hydrogens (tertiary/aromatic N) is 1. The second-order valence-electron chi connectivity index (χ2n) is 8.71. The third-order valence-corrected chi connectivity index (χ3v) is 6.98. The molecule has 2 aromatic rings. The summed E-state index contributed by atoms with van der Waals surface area (Å²) in [6.45, 7) is 4.61. The number of carbonyl (C=O) groups excluding carboxylic acids is 2. The molecule has 0 aliphatic carbocycles. The second kappa shape index (κ2) is 12.1. The number of amides is 2. The number of halogens is 3. The highest BCUT2D eigenvalue weighted by atomic mass is 35.5. The molecule has 0 unspecified atom stereocenters. The van der Waals surface area contributed by atoms with E-state index in [9.17, 15) is 9.59 Å². The van der Waals surface area contributed by atoms with Crippen LogP contribution in [0, 0.1) is 0 Å². The summed E-state index contributed by atoms with van der Waals surface area (Å²) in [6.07, 6.45) is 2.74. The lowest BCUT2D eigenvalue weighted by molar-refractivity contribution is -0.121. The summed E-state index contributed by atoms with van der Waals surface area (Å²) in [6, 6.07) is 15.0. The van der Waals surface area contributed by atoms with Crippen LogP contribution in [0.1, 0.15) is 54.6 Å². The Kier molecular flexibility index (Phi) is 9.45. The van der Waals surface area contributed by atoms with E-state index in [0.717, 1.165) is 44.5 Å². The molecule has 1 saturated heterocycles. The number of alkyl halides is 1. The monoisotopic (exact) mass is 509 g/mol. The van der Waals surface area contributed by atoms with Gasteiger partial charge in [-0.25, -0.2) is 0 Å². The maximum absolute atomic E-state index is 12.8. The van der Waals surface area contributed by atoms with Crippen molar-refractivity contribution in [3.63, 3.8) is 0 Å². The van der Waals surface area contributed by atoms with Gasteiger partial charge in [0.2, 0.25) is 5.91 Å². The number of carbonyl (C=O) groups is 2. The normalized spacial score (nSPS) is 16.7. The van der Waals surface area contributed by atoms with E-state index in [4.69, 9.17) is 34.8 Å². The first-order valence-corrected chi connectivity index (χ1v) is 12.5. The SMILES string of the molecule is CC1(NC(=O)c2c(Cl)cccc2Cl)CCN(CC[C@H](NC(=O)CCCl)c2ccccc2)CC1. The van der Waals surface area contributed by atoms with Gasteiger partial charge in [0.1, 0.15) is 0 Å². The molecule has 2 aromatic carbocycles. The summed E-state index contributed by atoms with van der Waals surface area (Å²) in [7, 11) is 0. The summed E-state index contributed by atoms with van der Waals surface area (Å²) in [5, 5.41) is 6.96. The molecular formula is C25H30Cl3N3O2. The lowest BCUT2D eigenvalue weighted by atomic mass is 9.89. The van der Waals surface area contributed by atoms with Crippen molar-refractivity contribution in [1.82, 2.24) is 15.5 Å². The van der Waals surface area contributed by atoms with Crippen LogP contribution in [0.5, 0.6) is 0 Å². The highest BCUT2D eigenvalue weighted by molar-refractivity contribution is 6.39. The average Bonchev–Trinajstić information content (AvgIpc) is 2.78. The summed E-state index contributed by atoms with van der Waals surface area (Å²) < 4.78 is 0. The minimum atomic E-state index is -0.330. The zero-order valence-electron chi connectivity index (χ0n) is 18.8. The van der Waals surface area contributed by atoms with Crippen molar-refractivity contribution in [2.75, 3.05) is 25.5 Å². The van der Waals surface area contributed by atoms with Gasteiger partial charge in [0.25, 0.3) is 5.91 Å². The molecule has 1 aliphatic rings. The maximum Gasteiger partial charge on any atom is 0.254 e. The van der Waals surface area contributed by atoms with Crippen LogP contribution in [-0.2, 0) is 4.79 Å². The number of piperidine rings is 1. The lowest BCUT2D eigenvalue weighted by Crippen LogP contribution is -2.53. The molecule has 8 heteroatoms. The largest absolute Gasteiger partial charge is 0.349 e. The maximum atomic E-state index is 12.8. The van der Waals surface area contributed by atoms with Gasteiger partial charge in [-0.1, -0.05) is 59.6 Å².